The van der Waals surface area contributed by atoms with Crippen molar-refractivity contribution in [1.29, 1.82) is 0 Å². The second-order valence-electron chi connectivity index (χ2n) is 5.01. The van der Waals surface area contributed by atoms with Gasteiger partial charge in [-0.25, -0.2) is 9.18 Å². The number of methoxy groups -OCH3 is 1. The smallest absolute Gasteiger partial charge is 0.331 e. The van der Waals surface area contributed by atoms with Gasteiger partial charge in [-0.05, 0) is 32.4 Å². The number of hydrogen-bond acceptors (Lipinski definition) is 3. The van der Waals surface area contributed by atoms with Crippen molar-refractivity contribution >= 4 is 11.9 Å². The zero-order valence-electron chi connectivity index (χ0n) is 12.2. The van der Waals surface area contributed by atoms with Crippen molar-refractivity contribution in [3.05, 3.63) is 35.1 Å². The standard InChI is InChI=1S/C15H20FNO3/c1-5-8-15(3,14(19)20-4)17-13(18)11-9-10(2)6-7-12(11)16/h6-7,9H,5,8H2,1-4H3,(H,17,18). The van der Waals surface area contributed by atoms with Gasteiger partial charge in [0.15, 0.2) is 0 Å². The number of aryl methyl sites for hydroxylation is 1. The quantitative estimate of drug-likeness (QED) is 0.844. The first-order valence-corrected chi connectivity index (χ1v) is 6.51. The average molecular weight is 281 g/mol. The van der Waals surface area contributed by atoms with Gasteiger partial charge in [0, 0.05) is 0 Å². The summed E-state index contributed by atoms with van der Waals surface area (Å²) in [7, 11) is 1.26. The predicted octanol–water partition coefficient (Wildman–Crippen LogP) is 2.60. The minimum Gasteiger partial charge on any atom is -0.467 e. The van der Waals surface area contributed by atoms with Gasteiger partial charge in [-0.1, -0.05) is 25.0 Å². The Morgan fingerprint density at radius 2 is 2.05 bits per heavy atom. The van der Waals surface area contributed by atoms with Crippen LogP contribution >= 0.6 is 0 Å². The molecule has 0 heterocycles. The van der Waals surface area contributed by atoms with Crippen LogP contribution in [0.3, 0.4) is 0 Å². The fourth-order valence-electron chi connectivity index (χ4n) is 2.07. The number of halogens is 1. The van der Waals surface area contributed by atoms with Crippen molar-refractivity contribution < 1.29 is 18.7 Å². The Morgan fingerprint density at radius 3 is 2.60 bits per heavy atom. The summed E-state index contributed by atoms with van der Waals surface area (Å²) >= 11 is 0. The molecule has 0 saturated heterocycles. The fourth-order valence-corrected chi connectivity index (χ4v) is 2.07. The van der Waals surface area contributed by atoms with E-state index in [0.29, 0.717) is 12.8 Å². The molecular weight excluding hydrogens is 261 g/mol. The van der Waals surface area contributed by atoms with E-state index in [0.717, 1.165) is 5.56 Å². The molecule has 0 radical (unpaired) electrons. The van der Waals surface area contributed by atoms with Crippen LogP contribution < -0.4 is 5.32 Å². The molecule has 0 spiro atoms. The van der Waals surface area contributed by atoms with Crippen molar-refractivity contribution in [2.45, 2.75) is 39.2 Å². The third-order valence-corrected chi connectivity index (χ3v) is 3.14. The number of ether oxygens (including phenoxy) is 1. The summed E-state index contributed by atoms with van der Waals surface area (Å²) in [5.41, 5.74) is -0.459. The third-order valence-electron chi connectivity index (χ3n) is 3.14. The van der Waals surface area contributed by atoms with Crippen LogP contribution in [0.1, 0.15) is 42.6 Å². The highest BCUT2D eigenvalue weighted by Gasteiger charge is 2.35. The molecular formula is C15H20FNO3. The van der Waals surface area contributed by atoms with E-state index in [4.69, 9.17) is 4.74 Å². The van der Waals surface area contributed by atoms with E-state index >= 15 is 0 Å². The number of nitrogens with one attached hydrogen (secondary N) is 1. The van der Waals surface area contributed by atoms with Crippen LogP contribution in [-0.2, 0) is 9.53 Å². The van der Waals surface area contributed by atoms with Crippen LogP contribution in [0.25, 0.3) is 0 Å². The maximum Gasteiger partial charge on any atom is 0.331 e. The molecule has 0 aromatic heterocycles. The summed E-state index contributed by atoms with van der Waals surface area (Å²) < 4.78 is 18.4. The molecule has 0 saturated carbocycles. The summed E-state index contributed by atoms with van der Waals surface area (Å²) in [6.07, 6.45) is 1.10. The monoisotopic (exact) mass is 281 g/mol. The lowest BCUT2D eigenvalue weighted by Gasteiger charge is -2.27. The van der Waals surface area contributed by atoms with Crippen LogP contribution in [0.2, 0.25) is 0 Å². The Balaban J connectivity index is 3.02. The molecule has 1 unspecified atom stereocenters. The van der Waals surface area contributed by atoms with E-state index in [1.807, 2.05) is 6.92 Å². The first-order valence-electron chi connectivity index (χ1n) is 6.51. The Labute approximate surface area is 118 Å². The van der Waals surface area contributed by atoms with Crippen LogP contribution in [-0.4, -0.2) is 24.5 Å². The number of benzene rings is 1. The second-order valence-corrected chi connectivity index (χ2v) is 5.01. The second kappa shape index (κ2) is 6.50. The largest absolute Gasteiger partial charge is 0.467 e. The number of amides is 1. The van der Waals surface area contributed by atoms with E-state index in [9.17, 15) is 14.0 Å². The van der Waals surface area contributed by atoms with Gasteiger partial charge in [-0.15, -0.1) is 0 Å². The molecule has 0 aliphatic heterocycles. The van der Waals surface area contributed by atoms with Gasteiger partial charge in [0.2, 0.25) is 0 Å². The first-order chi connectivity index (χ1) is 9.34. The Hall–Kier alpha value is -1.91. The molecule has 1 atom stereocenters. The molecule has 20 heavy (non-hydrogen) atoms. The molecule has 0 fully saturated rings. The summed E-state index contributed by atoms with van der Waals surface area (Å²) in [4.78, 5) is 24.0. The number of hydrogen-bond donors (Lipinski definition) is 1. The summed E-state index contributed by atoms with van der Waals surface area (Å²) in [6.45, 7) is 5.23. The van der Waals surface area contributed by atoms with Gasteiger partial charge in [0.25, 0.3) is 5.91 Å². The number of carbonyl (C=O) groups is 2. The van der Waals surface area contributed by atoms with Gasteiger partial charge in [-0.3, -0.25) is 4.79 Å². The lowest BCUT2D eigenvalue weighted by atomic mass is 9.95. The molecule has 110 valence electrons. The normalized spacial score (nSPS) is 13.4. The molecule has 0 bridgehead atoms. The van der Waals surface area contributed by atoms with Crippen LogP contribution in [0.4, 0.5) is 4.39 Å². The number of rotatable bonds is 5. The Kier molecular flexibility index (Phi) is 5.25. The van der Waals surface area contributed by atoms with E-state index in [1.54, 1.807) is 19.9 Å². The minimum atomic E-state index is -1.16. The van der Waals surface area contributed by atoms with Crippen molar-refractivity contribution in [1.82, 2.24) is 5.32 Å². The van der Waals surface area contributed by atoms with E-state index in [2.05, 4.69) is 5.32 Å². The summed E-state index contributed by atoms with van der Waals surface area (Å²) in [5, 5.41) is 2.58. The van der Waals surface area contributed by atoms with Gasteiger partial charge in [-0.2, -0.15) is 0 Å². The highest BCUT2D eigenvalue weighted by Crippen LogP contribution is 2.17. The number of carbonyl (C=O) groups excluding carboxylic acids is 2. The molecule has 1 amide bonds. The van der Waals surface area contributed by atoms with E-state index in [1.165, 1.54) is 19.2 Å². The molecule has 4 nitrogen and oxygen atoms in total. The maximum atomic E-state index is 13.7. The topological polar surface area (TPSA) is 55.4 Å². The van der Waals surface area contributed by atoms with Crippen LogP contribution in [0, 0.1) is 12.7 Å². The van der Waals surface area contributed by atoms with Crippen molar-refractivity contribution in [2.75, 3.05) is 7.11 Å². The highest BCUT2D eigenvalue weighted by atomic mass is 19.1. The Morgan fingerprint density at radius 1 is 1.40 bits per heavy atom. The Bertz CT molecular complexity index is 516. The van der Waals surface area contributed by atoms with Gasteiger partial charge >= 0.3 is 5.97 Å². The lowest BCUT2D eigenvalue weighted by Crippen LogP contribution is -2.52. The predicted molar refractivity (Wildman–Crippen MR) is 73.9 cm³/mol. The summed E-state index contributed by atoms with van der Waals surface area (Å²) in [6, 6.07) is 4.27. The van der Waals surface area contributed by atoms with Crippen LogP contribution in [0.15, 0.2) is 18.2 Å². The zero-order valence-corrected chi connectivity index (χ0v) is 12.2. The van der Waals surface area contributed by atoms with Gasteiger partial charge < -0.3 is 10.1 Å². The van der Waals surface area contributed by atoms with Crippen molar-refractivity contribution in [3.8, 4) is 0 Å². The first kappa shape index (κ1) is 16.1. The van der Waals surface area contributed by atoms with Crippen molar-refractivity contribution in [3.63, 3.8) is 0 Å². The van der Waals surface area contributed by atoms with E-state index in [-0.39, 0.29) is 5.56 Å². The third kappa shape index (κ3) is 3.56. The average Bonchev–Trinajstić information content (AvgIpc) is 2.40. The molecule has 1 aromatic rings. The fraction of sp³-hybridized carbons (Fsp3) is 0.467. The van der Waals surface area contributed by atoms with Crippen molar-refractivity contribution in [2.24, 2.45) is 0 Å². The summed E-state index contributed by atoms with van der Waals surface area (Å²) in [5.74, 6) is -1.77. The highest BCUT2D eigenvalue weighted by molar-refractivity contribution is 5.98. The molecule has 1 N–H and O–H groups in total. The molecule has 1 aromatic carbocycles. The molecule has 0 aliphatic carbocycles. The van der Waals surface area contributed by atoms with Crippen LogP contribution in [0.5, 0.6) is 0 Å². The number of esters is 1. The van der Waals surface area contributed by atoms with Gasteiger partial charge in [0.05, 0.1) is 12.7 Å². The SMILES string of the molecule is CCCC(C)(NC(=O)c1cc(C)ccc1F)C(=O)OC. The molecule has 5 heteroatoms. The van der Waals surface area contributed by atoms with Gasteiger partial charge in [0.1, 0.15) is 11.4 Å². The molecule has 1 rings (SSSR count). The maximum absolute atomic E-state index is 13.7. The minimum absolute atomic E-state index is 0.0729. The lowest BCUT2D eigenvalue weighted by molar-refractivity contribution is -0.147. The van der Waals surface area contributed by atoms with E-state index < -0.39 is 23.2 Å². The molecule has 0 aliphatic rings. The zero-order chi connectivity index (χ0) is 15.3.